The van der Waals surface area contributed by atoms with Gasteiger partial charge >= 0.3 is 0 Å². The first kappa shape index (κ1) is 8.54. The van der Waals surface area contributed by atoms with Gasteiger partial charge in [-0.1, -0.05) is 5.92 Å². The molecule has 0 heterocycles. The zero-order valence-electron chi connectivity index (χ0n) is 6.76. The number of hydrazine groups is 1. The summed E-state index contributed by atoms with van der Waals surface area (Å²) >= 11 is 0. The minimum atomic E-state index is -0.191. The van der Waals surface area contributed by atoms with Crippen molar-refractivity contribution in [3.05, 3.63) is 0 Å². The number of nitrogens with one attached hydrogen (secondary N) is 1. The second-order valence-corrected chi connectivity index (χ2v) is 2.89. The Kier molecular flexibility index (Phi) is 2.50. The Morgan fingerprint density at radius 3 is 2.45 bits per heavy atom. The van der Waals surface area contributed by atoms with E-state index in [9.17, 15) is 0 Å². The number of nitrogens with two attached hydrogens (primary N) is 1. The van der Waals surface area contributed by atoms with E-state index in [0.717, 1.165) is 12.8 Å². The lowest BCUT2D eigenvalue weighted by Crippen LogP contribution is -2.57. The molecule has 1 fully saturated rings. The van der Waals surface area contributed by atoms with E-state index >= 15 is 0 Å². The average molecular weight is 154 g/mol. The van der Waals surface area contributed by atoms with Crippen LogP contribution in [0.5, 0.6) is 0 Å². The summed E-state index contributed by atoms with van der Waals surface area (Å²) in [4.78, 5) is 0. The highest BCUT2D eigenvalue weighted by Gasteiger charge is 2.43. The van der Waals surface area contributed by atoms with E-state index < -0.39 is 0 Å². The van der Waals surface area contributed by atoms with Crippen LogP contribution in [0, 0.1) is 12.3 Å². The Labute approximate surface area is 67.3 Å². The zero-order valence-corrected chi connectivity index (χ0v) is 6.76. The first-order valence-corrected chi connectivity index (χ1v) is 3.76. The Hall–Kier alpha value is -0.560. The molecule has 0 aromatic carbocycles. The van der Waals surface area contributed by atoms with Crippen molar-refractivity contribution >= 4 is 0 Å². The maximum Gasteiger partial charge on any atom is 0.110 e. The van der Waals surface area contributed by atoms with Crippen LogP contribution in [0.1, 0.15) is 19.3 Å². The third-order valence-electron chi connectivity index (χ3n) is 2.47. The van der Waals surface area contributed by atoms with Crippen molar-refractivity contribution in [1.82, 2.24) is 5.43 Å². The molecule has 1 rings (SSSR count). The van der Waals surface area contributed by atoms with Gasteiger partial charge in [-0.2, -0.15) is 0 Å². The topological polar surface area (TPSA) is 47.3 Å². The van der Waals surface area contributed by atoms with Gasteiger partial charge in [-0.15, -0.1) is 6.42 Å². The molecule has 1 aliphatic carbocycles. The lowest BCUT2D eigenvalue weighted by Gasteiger charge is -2.43. The number of rotatable bonds is 3. The fourth-order valence-corrected chi connectivity index (χ4v) is 1.49. The molecule has 62 valence electrons. The van der Waals surface area contributed by atoms with Crippen LogP contribution in [0.2, 0.25) is 0 Å². The molecule has 1 saturated carbocycles. The van der Waals surface area contributed by atoms with E-state index in [2.05, 4.69) is 11.3 Å². The highest BCUT2D eigenvalue weighted by molar-refractivity contribution is 5.13. The molecule has 11 heavy (non-hydrogen) atoms. The van der Waals surface area contributed by atoms with Crippen LogP contribution in [0.15, 0.2) is 0 Å². The highest BCUT2D eigenvalue weighted by atomic mass is 16.5. The third kappa shape index (κ3) is 1.25. The molecule has 0 aliphatic heterocycles. The maximum atomic E-state index is 5.33. The second kappa shape index (κ2) is 3.22. The van der Waals surface area contributed by atoms with Crippen LogP contribution in [0.4, 0.5) is 0 Å². The third-order valence-corrected chi connectivity index (χ3v) is 2.47. The number of methoxy groups -OCH3 is 1. The van der Waals surface area contributed by atoms with Crippen LogP contribution in [0.3, 0.4) is 0 Å². The Morgan fingerprint density at radius 1 is 1.73 bits per heavy atom. The summed E-state index contributed by atoms with van der Waals surface area (Å²) in [5.74, 6) is 7.87. The lowest BCUT2D eigenvalue weighted by atomic mass is 9.75. The van der Waals surface area contributed by atoms with Crippen LogP contribution >= 0.6 is 0 Å². The highest BCUT2D eigenvalue weighted by Crippen LogP contribution is 2.37. The molecule has 0 bridgehead atoms. The predicted octanol–water partition coefficient (Wildman–Crippen LogP) is 0.0206. The maximum absolute atomic E-state index is 5.33. The van der Waals surface area contributed by atoms with Crippen LogP contribution in [-0.2, 0) is 4.74 Å². The van der Waals surface area contributed by atoms with E-state index in [-0.39, 0.29) is 11.6 Å². The molecule has 3 nitrogen and oxygen atoms in total. The smallest absolute Gasteiger partial charge is 0.110 e. The van der Waals surface area contributed by atoms with Crippen molar-refractivity contribution in [1.29, 1.82) is 0 Å². The summed E-state index contributed by atoms with van der Waals surface area (Å²) < 4.78 is 5.33. The van der Waals surface area contributed by atoms with Crippen molar-refractivity contribution in [2.24, 2.45) is 5.84 Å². The van der Waals surface area contributed by atoms with Gasteiger partial charge < -0.3 is 4.74 Å². The van der Waals surface area contributed by atoms with E-state index in [1.165, 1.54) is 6.42 Å². The van der Waals surface area contributed by atoms with Gasteiger partial charge in [-0.25, -0.2) is 5.43 Å². The summed E-state index contributed by atoms with van der Waals surface area (Å²) in [6.45, 7) is 0. The van der Waals surface area contributed by atoms with E-state index in [0.29, 0.717) is 0 Å². The monoisotopic (exact) mass is 154 g/mol. The largest absolute Gasteiger partial charge is 0.376 e. The van der Waals surface area contributed by atoms with Crippen LogP contribution in [0.25, 0.3) is 0 Å². The molecule has 3 N–H and O–H groups in total. The number of hydrogen-bond acceptors (Lipinski definition) is 3. The normalized spacial score (nSPS) is 23.4. The first-order valence-electron chi connectivity index (χ1n) is 3.76. The van der Waals surface area contributed by atoms with Crippen molar-refractivity contribution in [3.63, 3.8) is 0 Å². The predicted molar refractivity (Wildman–Crippen MR) is 43.5 cm³/mol. The fraction of sp³-hybridized carbons (Fsp3) is 0.750. The Bertz CT molecular complexity index is 164. The molecule has 0 saturated heterocycles. The van der Waals surface area contributed by atoms with Gasteiger partial charge in [0.1, 0.15) is 6.04 Å². The van der Waals surface area contributed by atoms with E-state index in [1.54, 1.807) is 7.11 Å². The number of terminal acetylenes is 1. The minimum absolute atomic E-state index is 0.152. The molecule has 1 atom stereocenters. The van der Waals surface area contributed by atoms with Crippen LogP contribution in [-0.4, -0.2) is 18.8 Å². The molecule has 0 amide bonds. The number of hydrogen-bond donors (Lipinski definition) is 2. The van der Waals surface area contributed by atoms with Crippen molar-refractivity contribution in [3.8, 4) is 12.3 Å². The number of ether oxygens (including phenoxy) is 1. The fourth-order valence-electron chi connectivity index (χ4n) is 1.49. The average Bonchev–Trinajstić information content (AvgIpc) is 1.96. The lowest BCUT2D eigenvalue weighted by molar-refractivity contribution is -0.0852. The molecular weight excluding hydrogens is 140 g/mol. The molecule has 0 spiro atoms. The molecule has 0 radical (unpaired) electrons. The molecule has 0 aromatic heterocycles. The summed E-state index contributed by atoms with van der Waals surface area (Å²) in [5.41, 5.74) is 2.39. The quantitative estimate of drug-likeness (QED) is 0.342. The SMILES string of the molecule is C#CC(NN)C1(OC)CCC1. The molecule has 3 heteroatoms. The second-order valence-electron chi connectivity index (χ2n) is 2.89. The zero-order chi connectivity index (χ0) is 8.32. The molecular formula is C8H14N2O. The first-order chi connectivity index (χ1) is 5.29. The van der Waals surface area contributed by atoms with Gasteiger partial charge in [-0.3, -0.25) is 5.84 Å². The Balaban J connectivity index is 2.61. The van der Waals surface area contributed by atoms with Gasteiger partial charge in [0, 0.05) is 7.11 Å². The van der Waals surface area contributed by atoms with Crippen LogP contribution < -0.4 is 11.3 Å². The summed E-state index contributed by atoms with van der Waals surface area (Å²) in [7, 11) is 1.68. The van der Waals surface area contributed by atoms with E-state index in [4.69, 9.17) is 17.0 Å². The standard InChI is InChI=1S/C8H14N2O/c1-3-7(10-9)8(11-2)5-4-6-8/h1,7,10H,4-6,9H2,2H3. The van der Waals surface area contributed by atoms with Gasteiger partial charge in [-0.05, 0) is 19.3 Å². The van der Waals surface area contributed by atoms with Gasteiger partial charge in [0.25, 0.3) is 0 Å². The van der Waals surface area contributed by atoms with E-state index in [1.807, 2.05) is 0 Å². The van der Waals surface area contributed by atoms with Crippen molar-refractivity contribution < 1.29 is 4.74 Å². The summed E-state index contributed by atoms with van der Waals surface area (Å²) in [6.07, 6.45) is 8.46. The Morgan fingerprint density at radius 2 is 2.36 bits per heavy atom. The molecule has 0 aromatic rings. The van der Waals surface area contributed by atoms with Crippen molar-refractivity contribution in [2.45, 2.75) is 30.9 Å². The van der Waals surface area contributed by atoms with Gasteiger partial charge in [0.15, 0.2) is 0 Å². The van der Waals surface area contributed by atoms with Crippen molar-refractivity contribution in [2.75, 3.05) is 7.11 Å². The summed E-state index contributed by atoms with van der Waals surface area (Å²) in [6, 6.07) is -0.152. The summed E-state index contributed by atoms with van der Waals surface area (Å²) in [5, 5.41) is 0. The molecule has 1 unspecified atom stereocenters. The minimum Gasteiger partial charge on any atom is -0.376 e. The molecule has 1 aliphatic rings. The van der Waals surface area contributed by atoms with Gasteiger partial charge in [0.2, 0.25) is 0 Å². The van der Waals surface area contributed by atoms with Gasteiger partial charge in [0.05, 0.1) is 5.60 Å².